The standard InChI is InChI=1S/C18H19N3O3S/c1-11(22)24-10-18(2,3)17(23)21-13-8-9-19-15(13)16-20-12-6-4-5-7-14(12)25-16/h4-8H,9-10H2,1-3H3,(H,21,23). The zero-order chi connectivity index (χ0) is 18.0. The summed E-state index contributed by atoms with van der Waals surface area (Å²) in [6.45, 7) is 5.32. The van der Waals surface area contributed by atoms with E-state index >= 15 is 0 Å². The van der Waals surface area contributed by atoms with Gasteiger partial charge in [0, 0.05) is 6.92 Å². The van der Waals surface area contributed by atoms with Crippen molar-refractivity contribution in [1.82, 2.24) is 10.3 Å². The maximum absolute atomic E-state index is 12.6. The molecule has 1 aromatic carbocycles. The third-order valence-electron chi connectivity index (χ3n) is 3.80. The van der Waals surface area contributed by atoms with Gasteiger partial charge in [0.2, 0.25) is 5.91 Å². The van der Waals surface area contributed by atoms with E-state index in [1.807, 2.05) is 30.3 Å². The summed E-state index contributed by atoms with van der Waals surface area (Å²) in [5.41, 5.74) is 1.42. The van der Waals surface area contributed by atoms with Crippen LogP contribution in [0.25, 0.3) is 10.2 Å². The average Bonchev–Trinajstić information content (AvgIpc) is 3.18. The molecule has 7 heteroatoms. The molecule has 0 aliphatic carbocycles. The smallest absolute Gasteiger partial charge is 0.302 e. The monoisotopic (exact) mass is 357 g/mol. The lowest BCUT2D eigenvalue weighted by Gasteiger charge is -2.23. The molecule has 2 heterocycles. The molecule has 6 nitrogen and oxygen atoms in total. The number of nitrogens with one attached hydrogen (secondary N) is 1. The van der Waals surface area contributed by atoms with Gasteiger partial charge in [0.05, 0.1) is 27.9 Å². The Morgan fingerprint density at radius 1 is 1.32 bits per heavy atom. The summed E-state index contributed by atoms with van der Waals surface area (Å²) in [5.74, 6) is -0.631. The van der Waals surface area contributed by atoms with Crippen molar-refractivity contribution in [2.45, 2.75) is 20.8 Å². The van der Waals surface area contributed by atoms with Gasteiger partial charge in [-0.1, -0.05) is 12.1 Å². The van der Waals surface area contributed by atoms with Gasteiger partial charge in [-0.2, -0.15) is 0 Å². The van der Waals surface area contributed by atoms with E-state index in [2.05, 4.69) is 15.3 Å². The first-order chi connectivity index (χ1) is 11.9. The minimum atomic E-state index is -0.839. The highest BCUT2D eigenvalue weighted by atomic mass is 32.1. The summed E-state index contributed by atoms with van der Waals surface area (Å²) in [6.07, 6.45) is 1.86. The number of esters is 1. The summed E-state index contributed by atoms with van der Waals surface area (Å²) in [7, 11) is 0. The normalized spacial score (nSPS) is 14.2. The van der Waals surface area contributed by atoms with Crippen LogP contribution in [0, 0.1) is 5.41 Å². The van der Waals surface area contributed by atoms with E-state index in [1.165, 1.54) is 6.92 Å². The van der Waals surface area contributed by atoms with Crippen LogP contribution in [0.4, 0.5) is 0 Å². The lowest BCUT2D eigenvalue weighted by atomic mass is 9.93. The molecule has 0 bridgehead atoms. The van der Waals surface area contributed by atoms with Crippen molar-refractivity contribution >= 4 is 39.1 Å². The van der Waals surface area contributed by atoms with Gasteiger partial charge in [0.25, 0.3) is 0 Å². The van der Waals surface area contributed by atoms with Crippen LogP contribution in [0.2, 0.25) is 0 Å². The molecule has 3 rings (SSSR count). The number of carbonyl (C=O) groups excluding carboxylic acids is 2. The van der Waals surface area contributed by atoms with Crippen molar-refractivity contribution in [3.05, 3.63) is 41.0 Å². The highest BCUT2D eigenvalue weighted by molar-refractivity contribution is 7.20. The minimum Gasteiger partial charge on any atom is -0.465 e. The Labute approximate surface area is 149 Å². The third kappa shape index (κ3) is 3.76. The Balaban J connectivity index is 1.75. The van der Waals surface area contributed by atoms with E-state index in [9.17, 15) is 9.59 Å². The fourth-order valence-electron chi connectivity index (χ4n) is 2.32. The molecule has 0 unspecified atom stereocenters. The van der Waals surface area contributed by atoms with E-state index in [0.29, 0.717) is 18.0 Å². The lowest BCUT2D eigenvalue weighted by molar-refractivity contribution is -0.147. The fourth-order valence-corrected chi connectivity index (χ4v) is 3.30. The third-order valence-corrected chi connectivity index (χ3v) is 4.84. The number of allylic oxidation sites excluding steroid dienone is 1. The minimum absolute atomic E-state index is 0.0229. The molecule has 130 valence electrons. The number of hydrogen-bond donors (Lipinski definition) is 1. The number of nitrogens with zero attached hydrogens (tertiary/aromatic N) is 2. The summed E-state index contributed by atoms with van der Waals surface area (Å²) < 4.78 is 6.06. The van der Waals surface area contributed by atoms with E-state index in [4.69, 9.17) is 4.74 Å². The molecule has 0 atom stereocenters. The largest absolute Gasteiger partial charge is 0.465 e. The van der Waals surface area contributed by atoms with E-state index in [-0.39, 0.29) is 12.5 Å². The van der Waals surface area contributed by atoms with E-state index < -0.39 is 11.4 Å². The number of hydrogen-bond acceptors (Lipinski definition) is 6. The molecule has 1 N–H and O–H groups in total. The first-order valence-electron chi connectivity index (χ1n) is 7.92. The predicted molar refractivity (Wildman–Crippen MR) is 97.7 cm³/mol. The summed E-state index contributed by atoms with van der Waals surface area (Å²) in [5, 5.41) is 3.68. The Morgan fingerprint density at radius 3 is 2.80 bits per heavy atom. The molecule has 0 saturated carbocycles. The first-order valence-corrected chi connectivity index (χ1v) is 8.74. The lowest BCUT2D eigenvalue weighted by Crippen LogP contribution is -2.41. The number of ether oxygens (including phenoxy) is 1. The highest BCUT2D eigenvalue weighted by Crippen LogP contribution is 2.25. The quantitative estimate of drug-likeness (QED) is 0.834. The van der Waals surface area contributed by atoms with Crippen LogP contribution in [0.1, 0.15) is 25.8 Å². The SMILES string of the molecule is CC(=O)OCC(C)(C)C(=O)NC1=CCN=C1c1nc2ccccc2s1. The number of carbonyl (C=O) groups is 2. The Hall–Kier alpha value is -2.54. The highest BCUT2D eigenvalue weighted by Gasteiger charge is 2.31. The number of fused-ring (bicyclic) bond motifs is 1. The molecule has 25 heavy (non-hydrogen) atoms. The predicted octanol–water partition coefficient (Wildman–Crippen LogP) is 2.69. The van der Waals surface area contributed by atoms with Gasteiger partial charge in [0.1, 0.15) is 17.3 Å². The van der Waals surface area contributed by atoms with Crippen LogP contribution in [0.5, 0.6) is 0 Å². The van der Waals surface area contributed by atoms with Crippen molar-refractivity contribution in [3.63, 3.8) is 0 Å². The molecule has 1 aliphatic rings. The average molecular weight is 357 g/mol. The molecule has 0 saturated heterocycles. The van der Waals surface area contributed by atoms with Crippen LogP contribution in [0.3, 0.4) is 0 Å². The van der Waals surface area contributed by atoms with E-state index in [1.54, 1.807) is 25.2 Å². The number of benzene rings is 1. The molecule has 1 aliphatic heterocycles. The molecule has 1 amide bonds. The van der Waals surface area contributed by atoms with Gasteiger partial charge >= 0.3 is 5.97 Å². The molecule has 0 fully saturated rings. The summed E-state index contributed by atoms with van der Waals surface area (Å²) >= 11 is 1.54. The number of para-hydroxylation sites is 1. The second kappa shape index (κ2) is 6.76. The Bertz CT molecular complexity index is 863. The van der Waals surface area contributed by atoms with Crippen LogP contribution in [0.15, 0.2) is 41.0 Å². The van der Waals surface area contributed by atoms with Gasteiger partial charge in [0.15, 0.2) is 0 Å². The fraction of sp³-hybridized carbons (Fsp3) is 0.333. The number of rotatable bonds is 5. The topological polar surface area (TPSA) is 80.7 Å². The zero-order valence-electron chi connectivity index (χ0n) is 14.3. The van der Waals surface area contributed by atoms with Crippen molar-refractivity contribution in [2.24, 2.45) is 10.4 Å². The van der Waals surface area contributed by atoms with Crippen LogP contribution >= 0.6 is 11.3 Å². The van der Waals surface area contributed by atoms with Crippen LogP contribution in [-0.4, -0.2) is 35.7 Å². The van der Waals surface area contributed by atoms with Crippen molar-refractivity contribution < 1.29 is 14.3 Å². The first kappa shape index (κ1) is 17.3. The number of amides is 1. The van der Waals surface area contributed by atoms with Crippen LogP contribution in [-0.2, 0) is 14.3 Å². The Kier molecular flexibility index (Phi) is 4.67. The van der Waals surface area contributed by atoms with Gasteiger partial charge in [-0.25, -0.2) is 4.98 Å². The van der Waals surface area contributed by atoms with Gasteiger partial charge in [-0.15, -0.1) is 11.3 Å². The van der Waals surface area contributed by atoms with Gasteiger partial charge < -0.3 is 10.1 Å². The number of aliphatic imine (C=N–C) groups is 1. The van der Waals surface area contributed by atoms with Gasteiger partial charge in [-0.3, -0.25) is 14.6 Å². The molecule has 0 spiro atoms. The molecule has 2 aromatic rings. The molecule has 1 aromatic heterocycles. The zero-order valence-corrected chi connectivity index (χ0v) is 15.1. The maximum Gasteiger partial charge on any atom is 0.302 e. The van der Waals surface area contributed by atoms with Crippen molar-refractivity contribution in [3.8, 4) is 0 Å². The second-order valence-corrected chi connectivity index (χ2v) is 7.44. The summed E-state index contributed by atoms with van der Waals surface area (Å²) in [6, 6.07) is 7.88. The number of aromatic nitrogens is 1. The molecular formula is C18H19N3O3S. The molecular weight excluding hydrogens is 338 g/mol. The van der Waals surface area contributed by atoms with Gasteiger partial charge in [-0.05, 0) is 32.1 Å². The summed E-state index contributed by atoms with van der Waals surface area (Å²) in [4.78, 5) is 32.6. The maximum atomic E-state index is 12.6. The van der Waals surface area contributed by atoms with E-state index in [0.717, 1.165) is 15.2 Å². The second-order valence-electron chi connectivity index (χ2n) is 6.41. The number of thiazole rings is 1. The van der Waals surface area contributed by atoms with Crippen LogP contribution < -0.4 is 5.32 Å². The van der Waals surface area contributed by atoms with Crippen molar-refractivity contribution in [1.29, 1.82) is 0 Å². The molecule has 0 radical (unpaired) electrons. The van der Waals surface area contributed by atoms with Crippen molar-refractivity contribution in [2.75, 3.05) is 13.2 Å². The Morgan fingerprint density at radius 2 is 2.08 bits per heavy atom.